The Hall–Kier alpha value is -3.62. The van der Waals surface area contributed by atoms with Crippen LogP contribution in [-0.4, -0.2) is 60.8 Å². The van der Waals surface area contributed by atoms with Gasteiger partial charge in [-0.1, -0.05) is 51.3 Å². The number of ether oxygens (including phenoxy) is 4. The predicted molar refractivity (Wildman–Crippen MR) is 159 cm³/mol. The molecule has 2 N–H and O–H groups in total. The summed E-state index contributed by atoms with van der Waals surface area (Å²) in [4.78, 5) is 23.1. The molecule has 0 spiro atoms. The van der Waals surface area contributed by atoms with Gasteiger partial charge in [-0.05, 0) is 74.9 Å². The van der Waals surface area contributed by atoms with Crippen molar-refractivity contribution in [1.29, 1.82) is 0 Å². The van der Waals surface area contributed by atoms with Crippen LogP contribution < -0.4 is 9.47 Å². The average molecular weight is 569 g/mol. The smallest absolute Gasteiger partial charge is 0.333 e. The lowest BCUT2D eigenvalue weighted by molar-refractivity contribution is -0.143. The van der Waals surface area contributed by atoms with Crippen LogP contribution in [0, 0.1) is 27.7 Å². The van der Waals surface area contributed by atoms with Gasteiger partial charge in [0.05, 0.1) is 0 Å². The van der Waals surface area contributed by atoms with Crippen molar-refractivity contribution in [2.75, 3.05) is 26.4 Å². The van der Waals surface area contributed by atoms with Gasteiger partial charge in [0.1, 0.15) is 50.1 Å². The molecule has 2 rings (SSSR count). The molecule has 0 bridgehead atoms. The van der Waals surface area contributed by atoms with Crippen LogP contribution in [0.5, 0.6) is 11.5 Å². The third kappa shape index (κ3) is 9.20. The molecule has 0 saturated heterocycles. The Morgan fingerprint density at radius 1 is 0.683 bits per heavy atom. The van der Waals surface area contributed by atoms with E-state index < -0.39 is 24.1 Å². The summed E-state index contributed by atoms with van der Waals surface area (Å²) in [6.45, 7) is 21.9. The molecule has 0 aliphatic rings. The Bertz CT molecular complexity index is 1150. The van der Waals surface area contributed by atoms with E-state index in [2.05, 4.69) is 51.3 Å². The van der Waals surface area contributed by atoms with E-state index in [0.29, 0.717) is 11.5 Å². The number of hydrogen-bond donors (Lipinski definition) is 2. The molecule has 0 aromatic heterocycles. The van der Waals surface area contributed by atoms with Crippen LogP contribution in [0.1, 0.15) is 61.1 Å². The number of esters is 2. The van der Waals surface area contributed by atoms with Crippen molar-refractivity contribution in [3.8, 4) is 11.5 Å². The van der Waals surface area contributed by atoms with Crippen LogP contribution in [-0.2, 0) is 24.5 Å². The molecular formula is C33H44O8. The van der Waals surface area contributed by atoms with Crippen LogP contribution in [0.2, 0.25) is 0 Å². The zero-order valence-electron chi connectivity index (χ0n) is 25.6. The van der Waals surface area contributed by atoms with Crippen molar-refractivity contribution in [3.05, 3.63) is 82.0 Å². The number of benzene rings is 2. The van der Waals surface area contributed by atoms with Gasteiger partial charge in [0.15, 0.2) is 0 Å². The quantitative estimate of drug-likeness (QED) is 0.243. The standard InChI is InChI=1S/C33H44O8/c1-19(2)31(36)40-17-27(34)15-38-29-21(5)11-25(12-22(29)6)33(9,10)26-13-23(7)30(24(8)14-26)39-16-28(35)18-41-32(37)20(3)4/h11-14,27-28,34-35H,1,3,15-18H2,2,4-10H3. The average Bonchev–Trinajstić information content (AvgIpc) is 2.88. The van der Waals surface area contributed by atoms with E-state index in [1.165, 1.54) is 0 Å². The second-order valence-corrected chi connectivity index (χ2v) is 11.2. The molecular weight excluding hydrogens is 524 g/mol. The van der Waals surface area contributed by atoms with Crippen LogP contribution in [0.15, 0.2) is 48.6 Å². The molecule has 0 radical (unpaired) electrons. The number of carbonyl (C=O) groups is 2. The monoisotopic (exact) mass is 568 g/mol. The topological polar surface area (TPSA) is 112 Å². The fraction of sp³-hybridized carbons (Fsp3) is 0.455. The van der Waals surface area contributed by atoms with Gasteiger partial charge >= 0.3 is 11.9 Å². The van der Waals surface area contributed by atoms with E-state index in [4.69, 9.17) is 18.9 Å². The van der Waals surface area contributed by atoms with Crippen LogP contribution in [0.25, 0.3) is 0 Å². The second-order valence-electron chi connectivity index (χ2n) is 11.2. The molecule has 8 heteroatoms. The summed E-state index contributed by atoms with van der Waals surface area (Å²) in [5.74, 6) is 0.261. The molecule has 2 aromatic carbocycles. The van der Waals surface area contributed by atoms with E-state index >= 15 is 0 Å². The highest BCUT2D eigenvalue weighted by molar-refractivity contribution is 5.87. The largest absolute Gasteiger partial charge is 0.490 e. The second kappa shape index (κ2) is 14.3. The van der Waals surface area contributed by atoms with E-state index in [9.17, 15) is 19.8 Å². The molecule has 2 unspecified atom stereocenters. The van der Waals surface area contributed by atoms with Gasteiger partial charge in [-0.15, -0.1) is 0 Å². The van der Waals surface area contributed by atoms with Crippen molar-refractivity contribution >= 4 is 11.9 Å². The molecule has 0 fully saturated rings. The van der Waals surface area contributed by atoms with E-state index in [1.807, 2.05) is 27.7 Å². The van der Waals surface area contributed by atoms with Crippen molar-refractivity contribution in [1.82, 2.24) is 0 Å². The molecule has 0 saturated carbocycles. The van der Waals surface area contributed by atoms with Crippen molar-refractivity contribution in [2.45, 2.75) is 73.0 Å². The van der Waals surface area contributed by atoms with Crippen molar-refractivity contribution in [2.24, 2.45) is 0 Å². The summed E-state index contributed by atoms with van der Waals surface area (Å²) >= 11 is 0. The Balaban J connectivity index is 2.14. The fourth-order valence-electron chi connectivity index (χ4n) is 4.29. The van der Waals surface area contributed by atoms with Gasteiger partial charge in [-0.25, -0.2) is 9.59 Å². The third-order valence-corrected chi connectivity index (χ3v) is 6.71. The van der Waals surface area contributed by atoms with Gasteiger partial charge in [0.2, 0.25) is 0 Å². The van der Waals surface area contributed by atoms with Gasteiger partial charge in [0.25, 0.3) is 0 Å². The zero-order chi connectivity index (χ0) is 31.1. The Morgan fingerprint density at radius 3 is 1.24 bits per heavy atom. The lowest BCUT2D eigenvalue weighted by atomic mass is 9.76. The molecule has 0 heterocycles. The maximum atomic E-state index is 11.6. The van der Waals surface area contributed by atoms with E-state index in [0.717, 1.165) is 33.4 Å². The van der Waals surface area contributed by atoms with Crippen molar-refractivity contribution in [3.63, 3.8) is 0 Å². The summed E-state index contributed by atoms with van der Waals surface area (Å²) in [6, 6.07) is 8.31. The summed E-state index contributed by atoms with van der Waals surface area (Å²) in [5, 5.41) is 20.4. The number of aryl methyl sites for hydroxylation is 4. The summed E-state index contributed by atoms with van der Waals surface area (Å²) in [5.41, 5.74) is 6.08. The predicted octanol–water partition coefficient (Wildman–Crippen LogP) is 4.96. The first kappa shape index (κ1) is 33.6. The lowest BCUT2D eigenvalue weighted by Crippen LogP contribution is -2.26. The minimum atomic E-state index is -0.965. The van der Waals surface area contributed by atoms with Gasteiger partial charge < -0.3 is 29.2 Å². The third-order valence-electron chi connectivity index (χ3n) is 6.71. The van der Waals surface area contributed by atoms with Crippen LogP contribution in [0.3, 0.4) is 0 Å². The van der Waals surface area contributed by atoms with Crippen LogP contribution >= 0.6 is 0 Å². The fourth-order valence-corrected chi connectivity index (χ4v) is 4.29. The van der Waals surface area contributed by atoms with Crippen molar-refractivity contribution < 1.29 is 38.7 Å². The number of hydrogen-bond acceptors (Lipinski definition) is 8. The highest BCUT2D eigenvalue weighted by Crippen LogP contribution is 2.38. The Kier molecular flexibility index (Phi) is 11.7. The molecule has 224 valence electrons. The molecule has 0 aliphatic carbocycles. The maximum Gasteiger partial charge on any atom is 0.333 e. The molecule has 41 heavy (non-hydrogen) atoms. The van der Waals surface area contributed by atoms with Gasteiger partial charge in [0, 0.05) is 16.6 Å². The van der Waals surface area contributed by atoms with E-state index in [-0.39, 0.29) is 43.0 Å². The zero-order valence-corrected chi connectivity index (χ0v) is 25.6. The molecule has 0 amide bonds. The number of aliphatic hydroxyl groups excluding tert-OH is 2. The minimum absolute atomic E-state index is 0.0151. The Morgan fingerprint density at radius 2 is 0.976 bits per heavy atom. The SMILES string of the molecule is C=C(C)C(=O)OCC(O)COc1c(C)cc(C(C)(C)c2cc(C)c(OCC(O)COC(=O)C(=C)C)c(C)c2)cc1C. The molecule has 0 aliphatic heterocycles. The number of rotatable bonds is 14. The maximum absolute atomic E-state index is 11.6. The summed E-state index contributed by atoms with van der Waals surface area (Å²) in [6.07, 6.45) is -1.93. The first-order valence-electron chi connectivity index (χ1n) is 13.5. The van der Waals surface area contributed by atoms with Gasteiger partial charge in [-0.2, -0.15) is 0 Å². The first-order chi connectivity index (χ1) is 19.0. The highest BCUT2D eigenvalue weighted by Gasteiger charge is 2.27. The lowest BCUT2D eigenvalue weighted by Gasteiger charge is -2.29. The van der Waals surface area contributed by atoms with Gasteiger partial charge in [-0.3, -0.25) is 0 Å². The summed E-state index contributed by atoms with van der Waals surface area (Å²) < 4.78 is 21.8. The first-order valence-corrected chi connectivity index (χ1v) is 13.5. The Labute approximate surface area is 243 Å². The molecule has 8 nitrogen and oxygen atoms in total. The van der Waals surface area contributed by atoms with E-state index in [1.54, 1.807) is 13.8 Å². The minimum Gasteiger partial charge on any atom is -0.490 e. The molecule has 2 atom stereocenters. The molecule has 2 aromatic rings. The number of aliphatic hydroxyl groups is 2. The highest BCUT2D eigenvalue weighted by atomic mass is 16.6. The normalized spacial score (nSPS) is 12.7. The number of carbonyl (C=O) groups excluding carboxylic acids is 2. The summed E-state index contributed by atoms with van der Waals surface area (Å²) in [7, 11) is 0. The van der Waals surface area contributed by atoms with Crippen LogP contribution in [0.4, 0.5) is 0 Å².